The smallest absolute Gasteiger partial charge is 0.337 e. The average molecular weight is 315 g/mol. The number of ether oxygens (including phenoxy) is 1. The third kappa shape index (κ3) is 4.17. The summed E-state index contributed by atoms with van der Waals surface area (Å²) in [5.74, 6) is -0.665. The van der Waals surface area contributed by atoms with Crippen LogP contribution < -0.4 is 10.6 Å². The maximum Gasteiger partial charge on any atom is 0.337 e. The lowest BCUT2D eigenvalue weighted by atomic mass is 10.1. The zero-order valence-corrected chi connectivity index (χ0v) is 12.7. The maximum absolute atomic E-state index is 12.1. The third-order valence-electron chi connectivity index (χ3n) is 3.34. The van der Waals surface area contributed by atoms with Crippen LogP contribution in [0.3, 0.4) is 0 Å². The summed E-state index contributed by atoms with van der Waals surface area (Å²) in [6, 6.07) is 4.57. The van der Waals surface area contributed by atoms with Crippen LogP contribution in [0.1, 0.15) is 22.3 Å². The molecular formula is C14H19ClN2O4. The molecule has 0 aliphatic carbocycles. The highest BCUT2D eigenvalue weighted by atomic mass is 35.5. The Balaban J connectivity index is 0.00000220. The van der Waals surface area contributed by atoms with Crippen LogP contribution in [-0.4, -0.2) is 42.8 Å². The quantitative estimate of drug-likeness (QED) is 0.720. The predicted octanol–water partition coefficient (Wildman–Crippen LogP) is 0.865. The van der Waals surface area contributed by atoms with Crippen molar-refractivity contribution >= 4 is 30.0 Å². The Bertz CT molecular complexity index is 536. The van der Waals surface area contributed by atoms with Crippen molar-refractivity contribution in [1.82, 2.24) is 5.32 Å². The molecular weight excluding hydrogens is 296 g/mol. The number of aliphatic hydroxyl groups excluding tert-OH is 1. The predicted molar refractivity (Wildman–Crippen MR) is 80.8 cm³/mol. The molecule has 1 aliphatic heterocycles. The molecule has 1 aromatic rings. The Kier molecular flexibility index (Phi) is 6.14. The number of nitrogens with one attached hydrogen (secondary N) is 2. The van der Waals surface area contributed by atoms with Crippen LogP contribution in [-0.2, 0) is 9.53 Å². The summed E-state index contributed by atoms with van der Waals surface area (Å²) < 4.78 is 4.65. The molecule has 1 saturated heterocycles. The number of anilines is 1. The number of rotatable bonds is 3. The first-order valence-corrected chi connectivity index (χ1v) is 6.42. The number of halogens is 1. The van der Waals surface area contributed by atoms with Crippen LogP contribution in [0, 0.1) is 6.92 Å². The second-order valence-electron chi connectivity index (χ2n) is 4.86. The molecule has 3 N–H and O–H groups in total. The molecule has 0 bridgehead atoms. The van der Waals surface area contributed by atoms with Gasteiger partial charge in [0.1, 0.15) is 0 Å². The molecule has 0 radical (unpaired) electrons. The standard InChI is InChI=1S/C14H18N2O4.ClH/c1-8-3-4-9(14(19)20-2)5-11(8)16-13(18)12-6-10(17)7-15-12;/h3-5,10,12,15,17H,6-7H2,1-2H3,(H,16,18);1H. The van der Waals surface area contributed by atoms with E-state index in [4.69, 9.17) is 0 Å². The number of β-amino-alcohol motifs (C(OH)–C–C–N with tert-alkyl or cyclic N) is 1. The van der Waals surface area contributed by atoms with Gasteiger partial charge < -0.3 is 20.5 Å². The van der Waals surface area contributed by atoms with Crippen LogP contribution in [0.2, 0.25) is 0 Å². The van der Waals surface area contributed by atoms with Crippen molar-refractivity contribution in [3.05, 3.63) is 29.3 Å². The number of hydrogen-bond donors (Lipinski definition) is 3. The fraction of sp³-hybridized carbons (Fsp3) is 0.429. The second-order valence-corrected chi connectivity index (χ2v) is 4.86. The molecule has 1 fully saturated rings. The van der Waals surface area contributed by atoms with E-state index < -0.39 is 18.1 Å². The summed E-state index contributed by atoms with van der Waals surface area (Å²) in [4.78, 5) is 23.5. The number of carbonyl (C=O) groups excluding carboxylic acids is 2. The highest BCUT2D eigenvalue weighted by molar-refractivity contribution is 5.97. The summed E-state index contributed by atoms with van der Waals surface area (Å²) in [5.41, 5.74) is 1.80. The van der Waals surface area contributed by atoms with Crippen LogP contribution in [0.15, 0.2) is 18.2 Å². The topological polar surface area (TPSA) is 87.7 Å². The zero-order chi connectivity index (χ0) is 14.7. The number of amides is 1. The summed E-state index contributed by atoms with van der Waals surface area (Å²) in [7, 11) is 1.31. The Hall–Kier alpha value is -1.63. The lowest BCUT2D eigenvalue weighted by molar-refractivity contribution is -0.117. The molecule has 116 valence electrons. The largest absolute Gasteiger partial charge is 0.465 e. The van der Waals surface area contributed by atoms with Crippen molar-refractivity contribution in [2.24, 2.45) is 0 Å². The minimum absolute atomic E-state index is 0. The first kappa shape index (κ1) is 17.4. The van der Waals surface area contributed by atoms with Gasteiger partial charge in [0.05, 0.1) is 24.8 Å². The van der Waals surface area contributed by atoms with E-state index in [1.54, 1.807) is 18.2 Å². The lowest BCUT2D eigenvalue weighted by Crippen LogP contribution is -2.35. The molecule has 7 heteroatoms. The Morgan fingerprint density at radius 1 is 1.43 bits per heavy atom. The Labute approximate surface area is 129 Å². The number of esters is 1. The van der Waals surface area contributed by atoms with Gasteiger partial charge in [0.25, 0.3) is 0 Å². The lowest BCUT2D eigenvalue weighted by Gasteiger charge is -2.13. The van der Waals surface area contributed by atoms with Crippen molar-refractivity contribution < 1.29 is 19.4 Å². The molecule has 1 heterocycles. The molecule has 1 amide bonds. The molecule has 2 atom stereocenters. The van der Waals surface area contributed by atoms with Gasteiger partial charge in [0.2, 0.25) is 5.91 Å². The molecule has 2 unspecified atom stereocenters. The van der Waals surface area contributed by atoms with E-state index in [1.165, 1.54) is 7.11 Å². The van der Waals surface area contributed by atoms with E-state index in [-0.39, 0.29) is 18.3 Å². The summed E-state index contributed by atoms with van der Waals surface area (Å²) >= 11 is 0. The minimum Gasteiger partial charge on any atom is -0.465 e. The third-order valence-corrected chi connectivity index (χ3v) is 3.34. The van der Waals surface area contributed by atoms with Gasteiger partial charge in [-0.3, -0.25) is 4.79 Å². The molecule has 1 aromatic carbocycles. The minimum atomic E-state index is -0.492. The molecule has 21 heavy (non-hydrogen) atoms. The van der Waals surface area contributed by atoms with Crippen molar-refractivity contribution in [1.29, 1.82) is 0 Å². The monoisotopic (exact) mass is 314 g/mol. The number of benzene rings is 1. The van der Waals surface area contributed by atoms with E-state index in [0.717, 1.165) is 5.56 Å². The summed E-state index contributed by atoms with van der Waals surface area (Å²) in [6.45, 7) is 2.26. The zero-order valence-electron chi connectivity index (χ0n) is 11.9. The fourth-order valence-electron chi connectivity index (χ4n) is 2.14. The molecule has 2 rings (SSSR count). The average Bonchev–Trinajstić information content (AvgIpc) is 2.87. The number of aliphatic hydroxyl groups is 1. The van der Waals surface area contributed by atoms with Gasteiger partial charge in [0, 0.05) is 12.2 Å². The number of hydrogen-bond acceptors (Lipinski definition) is 5. The highest BCUT2D eigenvalue weighted by Gasteiger charge is 2.28. The molecule has 0 saturated carbocycles. The molecule has 0 spiro atoms. The van der Waals surface area contributed by atoms with E-state index in [2.05, 4.69) is 15.4 Å². The van der Waals surface area contributed by atoms with Crippen LogP contribution in [0.5, 0.6) is 0 Å². The highest BCUT2D eigenvalue weighted by Crippen LogP contribution is 2.19. The molecule has 1 aliphatic rings. The van der Waals surface area contributed by atoms with E-state index in [0.29, 0.717) is 24.2 Å². The van der Waals surface area contributed by atoms with Gasteiger partial charge in [0.15, 0.2) is 0 Å². The van der Waals surface area contributed by atoms with Gasteiger partial charge in [-0.1, -0.05) is 6.07 Å². The first-order chi connectivity index (χ1) is 9.51. The molecule has 0 aromatic heterocycles. The first-order valence-electron chi connectivity index (χ1n) is 6.42. The van der Waals surface area contributed by atoms with E-state index in [9.17, 15) is 14.7 Å². The summed E-state index contributed by atoms with van der Waals surface area (Å²) in [6.07, 6.45) is -0.102. The van der Waals surface area contributed by atoms with Gasteiger partial charge in [-0.05, 0) is 31.0 Å². The fourth-order valence-corrected chi connectivity index (χ4v) is 2.14. The van der Waals surface area contributed by atoms with E-state index in [1.807, 2.05) is 6.92 Å². The van der Waals surface area contributed by atoms with Gasteiger partial charge in [-0.2, -0.15) is 0 Å². The normalized spacial score (nSPS) is 20.5. The number of aryl methyl sites for hydroxylation is 1. The van der Waals surface area contributed by atoms with Crippen LogP contribution in [0.25, 0.3) is 0 Å². The van der Waals surface area contributed by atoms with E-state index >= 15 is 0 Å². The second kappa shape index (κ2) is 7.40. The Morgan fingerprint density at radius 3 is 2.71 bits per heavy atom. The SMILES string of the molecule is COC(=O)c1ccc(C)c(NC(=O)C2CC(O)CN2)c1.Cl. The maximum atomic E-state index is 12.1. The van der Waals surface area contributed by atoms with Crippen LogP contribution in [0.4, 0.5) is 5.69 Å². The van der Waals surface area contributed by atoms with Gasteiger partial charge in [-0.15, -0.1) is 12.4 Å². The number of carbonyl (C=O) groups is 2. The number of methoxy groups -OCH3 is 1. The van der Waals surface area contributed by atoms with Crippen molar-refractivity contribution in [3.8, 4) is 0 Å². The van der Waals surface area contributed by atoms with Crippen LogP contribution >= 0.6 is 12.4 Å². The van der Waals surface area contributed by atoms with Crippen molar-refractivity contribution in [2.45, 2.75) is 25.5 Å². The van der Waals surface area contributed by atoms with Crippen molar-refractivity contribution in [2.75, 3.05) is 19.0 Å². The molecule has 6 nitrogen and oxygen atoms in total. The summed E-state index contributed by atoms with van der Waals surface area (Å²) in [5, 5.41) is 15.1. The van der Waals surface area contributed by atoms with Crippen molar-refractivity contribution in [3.63, 3.8) is 0 Å². The van der Waals surface area contributed by atoms with Gasteiger partial charge >= 0.3 is 5.97 Å². The Morgan fingerprint density at radius 2 is 2.14 bits per heavy atom. The van der Waals surface area contributed by atoms with Gasteiger partial charge in [-0.25, -0.2) is 4.79 Å².